The molecule has 0 amide bonds. The molecule has 1 aliphatic carbocycles. The highest BCUT2D eigenvalue weighted by Crippen LogP contribution is 2.38. The molecule has 19 heavy (non-hydrogen) atoms. The quantitative estimate of drug-likeness (QED) is 0.760. The molecule has 0 heterocycles. The van der Waals surface area contributed by atoms with E-state index in [1.807, 2.05) is 60.7 Å². The second-order valence-corrected chi connectivity index (χ2v) is 4.54. The van der Waals surface area contributed by atoms with Gasteiger partial charge in [0.25, 0.3) is 0 Å². The molecule has 0 saturated carbocycles. The average Bonchev–Trinajstić information content (AvgIpc) is 2.73. The smallest absolute Gasteiger partial charge is 0.192 e. The van der Waals surface area contributed by atoms with Crippen LogP contribution in [0.4, 0.5) is 0 Å². The third-order valence-corrected chi connectivity index (χ3v) is 3.39. The maximum absolute atomic E-state index is 12.4. The van der Waals surface area contributed by atoms with Gasteiger partial charge in [-0.2, -0.15) is 0 Å². The van der Waals surface area contributed by atoms with Gasteiger partial charge in [0.15, 0.2) is 5.78 Å². The molecule has 0 fully saturated rings. The molecule has 3 rings (SSSR count). The van der Waals surface area contributed by atoms with Crippen LogP contribution in [0.3, 0.4) is 0 Å². The summed E-state index contributed by atoms with van der Waals surface area (Å²) in [7, 11) is 1.64. The summed E-state index contributed by atoms with van der Waals surface area (Å²) in [6.45, 7) is 0. The van der Waals surface area contributed by atoms with Crippen LogP contribution in [0.5, 0.6) is 0 Å². The van der Waals surface area contributed by atoms with Crippen LogP contribution < -0.4 is 0 Å². The molecule has 0 aromatic heterocycles. The van der Waals surface area contributed by atoms with Gasteiger partial charge in [-0.15, -0.1) is 0 Å². The van der Waals surface area contributed by atoms with Gasteiger partial charge in [-0.3, -0.25) is 4.79 Å². The molecule has 2 heteroatoms. The summed E-state index contributed by atoms with van der Waals surface area (Å²) in [4.78, 5) is 12.4. The second-order valence-electron chi connectivity index (χ2n) is 4.54. The van der Waals surface area contributed by atoms with E-state index in [0.717, 1.165) is 16.7 Å². The number of ether oxygens (including phenoxy) is 1. The van der Waals surface area contributed by atoms with E-state index in [2.05, 4.69) is 0 Å². The zero-order chi connectivity index (χ0) is 13.2. The Morgan fingerprint density at radius 3 is 2.42 bits per heavy atom. The Hall–Kier alpha value is -2.19. The molecule has 2 aromatic rings. The number of carbonyl (C=O) groups is 1. The van der Waals surface area contributed by atoms with Crippen molar-refractivity contribution in [3.63, 3.8) is 0 Å². The van der Waals surface area contributed by atoms with Crippen LogP contribution in [0.15, 0.2) is 60.2 Å². The third-order valence-electron chi connectivity index (χ3n) is 3.39. The Labute approximate surface area is 112 Å². The summed E-state index contributed by atoms with van der Waals surface area (Å²) in [5.41, 5.74) is 3.42. The first-order valence-electron chi connectivity index (χ1n) is 6.24. The van der Waals surface area contributed by atoms with Gasteiger partial charge in [-0.1, -0.05) is 54.6 Å². The largest absolute Gasteiger partial charge is 0.372 e. The zero-order valence-corrected chi connectivity index (χ0v) is 10.7. The van der Waals surface area contributed by atoms with Crippen molar-refractivity contribution in [3.8, 4) is 0 Å². The predicted octanol–water partition coefficient (Wildman–Crippen LogP) is 3.65. The van der Waals surface area contributed by atoms with Gasteiger partial charge in [0.05, 0.1) is 0 Å². The number of rotatable bonds is 2. The highest BCUT2D eigenvalue weighted by Gasteiger charge is 2.34. The fourth-order valence-corrected chi connectivity index (χ4v) is 2.50. The van der Waals surface area contributed by atoms with Gasteiger partial charge >= 0.3 is 0 Å². The zero-order valence-electron chi connectivity index (χ0n) is 10.7. The van der Waals surface area contributed by atoms with Crippen LogP contribution in [0.2, 0.25) is 0 Å². The van der Waals surface area contributed by atoms with Crippen LogP contribution in [-0.2, 0) is 4.74 Å². The van der Waals surface area contributed by atoms with Crippen molar-refractivity contribution in [3.05, 3.63) is 76.9 Å². The second kappa shape index (κ2) is 4.82. The maximum Gasteiger partial charge on any atom is 0.192 e. The Bertz CT molecular complexity index is 641. The average molecular weight is 250 g/mol. The van der Waals surface area contributed by atoms with E-state index in [0.29, 0.717) is 5.57 Å². The summed E-state index contributed by atoms with van der Waals surface area (Å²) in [6, 6.07) is 17.5. The van der Waals surface area contributed by atoms with Crippen molar-refractivity contribution >= 4 is 11.9 Å². The number of Topliss-reactive ketones (excluding diaryl/α,β-unsaturated/α-hetero) is 1. The van der Waals surface area contributed by atoms with Crippen molar-refractivity contribution in [1.29, 1.82) is 0 Å². The molecule has 1 aliphatic rings. The van der Waals surface area contributed by atoms with E-state index in [4.69, 9.17) is 4.74 Å². The van der Waals surface area contributed by atoms with E-state index in [9.17, 15) is 4.79 Å². The van der Waals surface area contributed by atoms with Crippen LogP contribution in [0, 0.1) is 0 Å². The summed E-state index contributed by atoms with van der Waals surface area (Å²) >= 11 is 0. The van der Waals surface area contributed by atoms with Gasteiger partial charge in [0.2, 0.25) is 0 Å². The first-order valence-corrected chi connectivity index (χ1v) is 6.24. The van der Waals surface area contributed by atoms with Gasteiger partial charge < -0.3 is 4.74 Å². The lowest BCUT2D eigenvalue weighted by Gasteiger charge is -2.10. The van der Waals surface area contributed by atoms with E-state index in [1.165, 1.54) is 0 Å². The molecule has 94 valence electrons. The van der Waals surface area contributed by atoms with Crippen molar-refractivity contribution in [2.24, 2.45) is 0 Å². The molecule has 0 saturated heterocycles. The standard InChI is InChI=1S/C17H14O2/c1-19-17-14-10-6-5-9-13(14)16(18)15(17)11-12-7-3-2-4-8-12/h2-11,17H,1H3. The Balaban J connectivity index is 2.09. The first kappa shape index (κ1) is 11.9. The summed E-state index contributed by atoms with van der Waals surface area (Å²) in [5, 5.41) is 0. The molecule has 0 aliphatic heterocycles. The van der Waals surface area contributed by atoms with Gasteiger partial charge in [-0.05, 0) is 17.2 Å². The number of ketones is 1. The van der Waals surface area contributed by atoms with Crippen molar-refractivity contribution in [1.82, 2.24) is 0 Å². The minimum atomic E-state index is -0.260. The minimum Gasteiger partial charge on any atom is -0.372 e. The van der Waals surface area contributed by atoms with Crippen molar-refractivity contribution in [2.75, 3.05) is 7.11 Å². The number of hydrogen-bond donors (Lipinski definition) is 0. The van der Waals surface area contributed by atoms with Crippen molar-refractivity contribution < 1.29 is 9.53 Å². The van der Waals surface area contributed by atoms with Gasteiger partial charge in [0.1, 0.15) is 6.10 Å². The van der Waals surface area contributed by atoms with Gasteiger partial charge in [0, 0.05) is 18.2 Å². The number of methoxy groups -OCH3 is 1. The molecular weight excluding hydrogens is 236 g/mol. The molecule has 1 atom stereocenters. The lowest BCUT2D eigenvalue weighted by molar-refractivity contribution is 0.0981. The number of carbonyl (C=O) groups excluding carboxylic acids is 1. The SMILES string of the molecule is COC1C(=Cc2ccccc2)C(=O)c2ccccc21. The van der Waals surface area contributed by atoms with Crippen LogP contribution in [-0.4, -0.2) is 12.9 Å². The monoisotopic (exact) mass is 250 g/mol. The first-order chi connectivity index (χ1) is 9.31. The number of benzene rings is 2. The highest BCUT2D eigenvalue weighted by molar-refractivity contribution is 6.16. The van der Waals surface area contributed by atoms with Crippen LogP contribution in [0.25, 0.3) is 6.08 Å². The summed E-state index contributed by atoms with van der Waals surface area (Å²) in [5.74, 6) is 0.0614. The topological polar surface area (TPSA) is 26.3 Å². The highest BCUT2D eigenvalue weighted by atomic mass is 16.5. The fraction of sp³-hybridized carbons (Fsp3) is 0.118. The third kappa shape index (κ3) is 2.00. The Morgan fingerprint density at radius 1 is 1.00 bits per heavy atom. The van der Waals surface area contributed by atoms with E-state index < -0.39 is 0 Å². The molecule has 0 N–H and O–H groups in total. The van der Waals surface area contributed by atoms with Crippen LogP contribution in [0.1, 0.15) is 27.6 Å². The molecule has 0 spiro atoms. The molecular formula is C17H14O2. The summed E-state index contributed by atoms with van der Waals surface area (Å²) in [6.07, 6.45) is 1.65. The lowest BCUT2D eigenvalue weighted by Crippen LogP contribution is -2.02. The number of hydrogen-bond acceptors (Lipinski definition) is 2. The van der Waals surface area contributed by atoms with E-state index in [1.54, 1.807) is 7.11 Å². The molecule has 2 aromatic carbocycles. The Morgan fingerprint density at radius 2 is 1.68 bits per heavy atom. The van der Waals surface area contributed by atoms with Crippen LogP contribution >= 0.6 is 0 Å². The lowest BCUT2D eigenvalue weighted by atomic mass is 10.1. The normalized spacial score (nSPS) is 19.7. The number of fused-ring (bicyclic) bond motifs is 1. The Kier molecular flexibility index (Phi) is 3.02. The molecule has 0 radical (unpaired) electrons. The fourth-order valence-electron chi connectivity index (χ4n) is 2.50. The van der Waals surface area contributed by atoms with E-state index >= 15 is 0 Å². The van der Waals surface area contributed by atoms with Crippen molar-refractivity contribution in [2.45, 2.75) is 6.10 Å². The van der Waals surface area contributed by atoms with E-state index in [-0.39, 0.29) is 11.9 Å². The molecule has 1 unspecified atom stereocenters. The molecule has 0 bridgehead atoms. The minimum absolute atomic E-state index is 0.0614. The molecule has 2 nitrogen and oxygen atoms in total. The maximum atomic E-state index is 12.4. The summed E-state index contributed by atoms with van der Waals surface area (Å²) < 4.78 is 5.50. The van der Waals surface area contributed by atoms with Gasteiger partial charge in [-0.25, -0.2) is 0 Å². The predicted molar refractivity (Wildman–Crippen MR) is 74.9 cm³/mol.